The van der Waals surface area contributed by atoms with Crippen molar-refractivity contribution < 1.29 is 16.5 Å². The fourth-order valence-electron chi connectivity index (χ4n) is 0.342. The van der Waals surface area contributed by atoms with Crippen molar-refractivity contribution in [1.29, 1.82) is 0 Å². The Morgan fingerprint density at radius 2 is 1.22 bits per heavy atom. The van der Waals surface area contributed by atoms with Crippen LogP contribution in [0.15, 0.2) is 30.3 Å². The summed E-state index contributed by atoms with van der Waals surface area (Å²) in [6.45, 7) is 0. The maximum Gasteiger partial charge on any atom is 0 e. The van der Waals surface area contributed by atoms with E-state index < -0.39 is 0 Å². The summed E-state index contributed by atoms with van der Waals surface area (Å²) in [5.41, 5.74) is 0. The smallest absolute Gasteiger partial charge is 0 e. The predicted molar refractivity (Wildman–Crippen MR) is 35.3 cm³/mol. The van der Waals surface area contributed by atoms with Crippen molar-refractivity contribution in [3.05, 3.63) is 36.4 Å². The van der Waals surface area contributed by atoms with E-state index in [1.165, 1.54) is 0 Å². The van der Waals surface area contributed by atoms with E-state index in [4.69, 9.17) is 0 Å². The van der Waals surface area contributed by atoms with Crippen LogP contribution in [-0.2, 0) is 16.5 Å². The van der Waals surface area contributed by atoms with Crippen LogP contribution in [0.25, 0.3) is 0 Å². The van der Waals surface area contributed by atoms with Gasteiger partial charge in [-0.2, -0.15) is 36.4 Å². The molecule has 0 aliphatic carbocycles. The molecule has 0 spiro atoms. The molecule has 6 N–H and O–H groups in total. The van der Waals surface area contributed by atoms with Gasteiger partial charge < -0.3 is 12.3 Å². The fraction of sp³-hybridized carbons (Fsp3) is 0. The zero-order valence-electron chi connectivity index (χ0n) is 5.12. The minimum absolute atomic E-state index is 0. The van der Waals surface area contributed by atoms with E-state index in [1.807, 2.05) is 30.3 Å². The van der Waals surface area contributed by atoms with E-state index in [0.717, 1.165) is 0 Å². The summed E-state index contributed by atoms with van der Waals surface area (Å²) < 4.78 is 0. The van der Waals surface area contributed by atoms with Crippen molar-refractivity contribution in [3.63, 3.8) is 0 Å². The first-order valence-electron chi connectivity index (χ1n) is 1.91. The second kappa shape index (κ2) is 10.6. The van der Waals surface area contributed by atoms with Crippen molar-refractivity contribution in [1.82, 2.24) is 12.3 Å². The van der Waals surface area contributed by atoms with Gasteiger partial charge in [-0.1, -0.05) is 0 Å². The van der Waals surface area contributed by atoms with E-state index in [1.54, 1.807) is 0 Å². The molecule has 0 heterocycles. The van der Waals surface area contributed by atoms with Crippen molar-refractivity contribution >= 4 is 0 Å². The molecule has 0 bridgehead atoms. The van der Waals surface area contributed by atoms with Gasteiger partial charge in [-0.15, -0.1) is 0 Å². The standard InChI is InChI=1S/C6H5.2H3N.Ni/c1-2-4-6-5-3-1;;;/h1-5H;2*1H3;/q-1;;;. The van der Waals surface area contributed by atoms with Gasteiger partial charge in [0.2, 0.25) is 0 Å². The molecule has 0 fully saturated rings. The zero-order valence-corrected chi connectivity index (χ0v) is 6.10. The summed E-state index contributed by atoms with van der Waals surface area (Å²) in [6, 6.07) is 12.5. The van der Waals surface area contributed by atoms with Crippen LogP contribution in [-0.4, -0.2) is 0 Å². The van der Waals surface area contributed by atoms with Crippen LogP contribution in [0.4, 0.5) is 0 Å². The summed E-state index contributed by atoms with van der Waals surface area (Å²) in [5.74, 6) is 0. The Bertz CT molecular complexity index is 83.0. The molecule has 2 nitrogen and oxygen atoms in total. The van der Waals surface area contributed by atoms with Gasteiger partial charge in [0, 0.05) is 16.5 Å². The Morgan fingerprint density at radius 3 is 1.33 bits per heavy atom. The van der Waals surface area contributed by atoms with Gasteiger partial charge in [-0.3, -0.25) is 0 Å². The molecule has 56 valence electrons. The molecule has 0 unspecified atom stereocenters. The fourth-order valence-corrected chi connectivity index (χ4v) is 0.342. The SMILES string of the molecule is N.N.[Ni].[c-]1ccccc1. The molecular formula is C6H11N2Ni-. The first-order chi connectivity index (χ1) is 3.00. The molecule has 0 atom stereocenters. The molecule has 1 aromatic rings. The number of hydrogen-bond acceptors (Lipinski definition) is 2. The summed E-state index contributed by atoms with van der Waals surface area (Å²) in [5, 5.41) is 0. The second-order valence-corrected chi connectivity index (χ2v) is 1.08. The van der Waals surface area contributed by atoms with E-state index in [9.17, 15) is 0 Å². The molecule has 3 heteroatoms. The number of hydrogen-bond donors (Lipinski definition) is 2. The van der Waals surface area contributed by atoms with Crippen LogP contribution >= 0.6 is 0 Å². The van der Waals surface area contributed by atoms with Gasteiger partial charge in [0.05, 0.1) is 0 Å². The van der Waals surface area contributed by atoms with Crippen molar-refractivity contribution in [2.24, 2.45) is 0 Å². The van der Waals surface area contributed by atoms with Gasteiger partial charge in [0.25, 0.3) is 0 Å². The van der Waals surface area contributed by atoms with Gasteiger partial charge >= 0.3 is 0 Å². The molecule has 0 radical (unpaired) electrons. The molecule has 1 aromatic carbocycles. The minimum Gasteiger partial charge on any atom is -0.344 e. The Balaban J connectivity index is -0.000000120. The topological polar surface area (TPSA) is 70.0 Å². The Morgan fingerprint density at radius 1 is 0.778 bits per heavy atom. The Labute approximate surface area is 65.7 Å². The molecule has 0 saturated heterocycles. The second-order valence-electron chi connectivity index (χ2n) is 1.08. The minimum atomic E-state index is 0. The van der Waals surface area contributed by atoms with Crippen LogP contribution < -0.4 is 12.3 Å². The Kier molecular flexibility index (Phi) is 18.6. The van der Waals surface area contributed by atoms with Crippen molar-refractivity contribution in [3.8, 4) is 0 Å². The third-order valence-corrected chi connectivity index (χ3v) is 0.607. The quantitative estimate of drug-likeness (QED) is 0.460. The number of rotatable bonds is 0. The largest absolute Gasteiger partial charge is 0.344 e. The average Bonchev–Trinajstić information content (AvgIpc) is 1.72. The maximum atomic E-state index is 2.89. The molecule has 0 amide bonds. The van der Waals surface area contributed by atoms with Gasteiger partial charge in [-0.05, 0) is 0 Å². The van der Waals surface area contributed by atoms with Crippen LogP contribution in [0.5, 0.6) is 0 Å². The molecule has 0 aliphatic rings. The summed E-state index contributed by atoms with van der Waals surface area (Å²) >= 11 is 0. The van der Waals surface area contributed by atoms with Crippen LogP contribution in [0.2, 0.25) is 0 Å². The molecule has 0 saturated carbocycles. The molecule has 1 rings (SSSR count). The van der Waals surface area contributed by atoms with Crippen LogP contribution in [0, 0.1) is 6.07 Å². The summed E-state index contributed by atoms with van der Waals surface area (Å²) in [4.78, 5) is 0. The molecular weight excluding hydrogens is 159 g/mol. The Hall–Kier alpha value is -0.366. The first-order valence-corrected chi connectivity index (χ1v) is 1.91. The molecule has 0 aromatic heterocycles. The van der Waals surface area contributed by atoms with E-state index in [-0.39, 0.29) is 28.8 Å². The van der Waals surface area contributed by atoms with Crippen LogP contribution in [0.3, 0.4) is 0 Å². The molecule has 0 aliphatic heterocycles. The van der Waals surface area contributed by atoms with Crippen molar-refractivity contribution in [2.75, 3.05) is 0 Å². The van der Waals surface area contributed by atoms with Gasteiger partial charge in [0.1, 0.15) is 0 Å². The van der Waals surface area contributed by atoms with Gasteiger partial charge in [-0.25, -0.2) is 0 Å². The predicted octanol–water partition coefficient (Wildman–Crippen LogP) is 1.81. The van der Waals surface area contributed by atoms with E-state index in [0.29, 0.717) is 0 Å². The summed E-state index contributed by atoms with van der Waals surface area (Å²) in [7, 11) is 0. The zero-order chi connectivity index (χ0) is 4.24. The third-order valence-electron chi connectivity index (χ3n) is 0.607. The van der Waals surface area contributed by atoms with E-state index >= 15 is 0 Å². The van der Waals surface area contributed by atoms with Gasteiger partial charge in [0.15, 0.2) is 0 Å². The van der Waals surface area contributed by atoms with Crippen molar-refractivity contribution in [2.45, 2.75) is 0 Å². The van der Waals surface area contributed by atoms with Crippen LogP contribution in [0.1, 0.15) is 0 Å². The monoisotopic (exact) mass is 169 g/mol. The number of benzene rings is 1. The summed E-state index contributed by atoms with van der Waals surface area (Å²) in [6.07, 6.45) is 0. The van der Waals surface area contributed by atoms with E-state index in [2.05, 4.69) is 6.07 Å². The average molecular weight is 170 g/mol. The third kappa shape index (κ3) is 7.63. The maximum absolute atomic E-state index is 2.89. The molecule has 9 heavy (non-hydrogen) atoms. The first kappa shape index (κ1) is 15.9. The normalized spacial score (nSPS) is 5.33.